The molecule has 132 valence electrons. The number of imidazole rings is 1. The van der Waals surface area contributed by atoms with Gasteiger partial charge in [-0.05, 0) is 25.1 Å². The molecule has 2 amide bonds. The molecule has 1 aliphatic heterocycles. The van der Waals surface area contributed by atoms with Gasteiger partial charge in [-0.1, -0.05) is 0 Å². The van der Waals surface area contributed by atoms with Gasteiger partial charge in [-0.3, -0.25) is 14.2 Å². The molecule has 0 spiro atoms. The molecule has 2 heterocycles. The maximum atomic E-state index is 12.9. The smallest absolute Gasteiger partial charge is 0.319 e. The lowest BCUT2D eigenvalue weighted by Crippen LogP contribution is -2.29. The third kappa shape index (κ3) is 3.51. The molecule has 0 saturated heterocycles. The number of nitrogens with one attached hydrogen (secondary N) is 1. The van der Waals surface area contributed by atoms with Gasteiger partial charge < -0.3 is 10.2 Å². The standard InChI is InChI=1S/C16H16F2N4O2S/c1-9-14(23)20-11-7-10(3-4-12(11)25-9)15(24)21(2)8-13-19-5-6-22(13)16(17)18/h3-7,9,16H,8H2,1-2H3,(H,20,23). The fourth-order valence-electron chi connectivity index (χ4n) is 2.49. The quantitative estimate of drug-likeness (QED) is 0.903. The molecular formula is C16H16F2N4O2S. The van der Waals surface area contributed by atoms with Crippen molar-refractivity contribution in [3.63, 3.8) is 0 Å². The molecule has 25 heavy (non-hydrogen) atoms. The number of rotatable bonds is 4. The van der Waals surface area contributed by atoms with Crippen molar-refractivity contribution < 1.29 is 18.4 Å². The van der Waals surface area contributed by atoms with Gasteiger partial charge in [-0.25, -0.2) is 4.98 Å². The number of anilines is 1. The largest absolute Gasteiger partial charge is 0.334 e. The summed E-state index contributed by atoms with van der Waals surface area (Å²) in [7, 11) is 1.52. The number of fused-ring (bicyclic) bond motifs is 1. The number of benzene rings is 1. The number of amides is 2. The van der Waals surface area contributed by atoms with Crippen molar-refractivity contribution in [3.8, 4) is 0 Å². The zero-order chi connectivity index (χ0) is 18.1. The van der Waals surface area contributed by atoms with Gasteiger partial charge in [-0.15, -0.1) is 11.8 Å². The molecule has 1 aromatic carbocycles. The summed E-state index contributed by atoms with van der Waals surface area (Å²) in [4.78, 5) is 30.4. The summed E-state index contributed by atoms with van der Waals surface area (Å²) < 4.78 is 26.5. The molecular weight excluding hydrogens is 350 g/mol. The van der Waals surface area contributed by atoms with Crippen LogP contribution in [0.25, 0.3) is 0 Å². The summed E-state index contributed by atoms with van der Waals surface area (Å²) in [5.74, 6) is -0.361. The van der Waals surface area contributed by atoms with Crippen molar-refractivity contribution in [1.29, 1.82) is 0 Å². The highest BCUT2D eigenvalue weighted by Crippen LogP contribution is 2.36. The fourth-order valence-corrected chi connectivity index (χ4v) is 3.42. The van der Waals surface area contributed by atoms with E-state index in [1.165, 1.54) is 36.1 Å². The van der Waals surface area contributed by atoms with E-state index in [1.54, 1.807) is 25.1 Å². The first kappa shape index (κ1) is 17.4. The van der Waals surface area contributed by atoms with Gasteiger partial charge in [0.25, 0.3) is 5.91 Å². The maximum absolute atomic E-state index is 12.9. The highest BCUT2D eigenvalue weighted by atomic mass is 32.2. The molecule has 1 N–H and O–H groups in total. The van der Waals surface area contributed by atoms with Gasteiger partial charge in [0.1, 0.15) is 5.82 Å². The Bertz CT molecular complexity index is 824. The number of thioether (sulfide) groups is 1. The third-order valence-corrected chi connectivity index (χ3v) is 5.02. The fraction of sp³-hybridized carbons (Fsp3) is 0.312. The van der Waals surface area contributed by atoms with Crippen LogP contribution in [-0.4, -0.2) is 38.6 Å². The summed E-state index contributed by atoms with van der Waals surface area (Å²) in [5.41, 5.74) is 0.952. The number of hydrogen-bond donors (Lipinski definition) is 1. The number of alkyl halides is 2. The number of nitrogens with zero attached hydrogens (tertiary/aromatic N) is 3. The Morgan fingerprint density at radius 1 is 1.48 bits per heavy atom. The van der Waals surface area contributed by atoms with E-state index in [-0.39, 0.29) is 29.4 Å². The summed E-state index contributed by atoms with van der Waals surface area (Å²) in [6.07, 6.45) is 2.44. The van der Waals surface area contributed by atoms with E-state index in [0.29, 0.717) is 11.3 Å². The van der Waals surface area contributed by atoms with Crippen LogP contribution in [0.3, 0.4) is 0 Å². The summed E-state index contributed by atoms with van der Waals surface area (Å²) >= 11 is 1.42. The molecule has 3 rings (SSSR count). The van der Waals surface area contributed by atoms with E-state index < -0.39 is 6.55 Å². The van der Waals surface area contributed by atoms with Crippen molar-refractivity contribution in [2.45, 2.75) is 30.2 Å². The topological polar surface area (TPSA) is 67.2 Å². The molecule has 1 aliphatic rings. The second kappa shape index (κ2) is 6.83. The lowest BCUT2D eigenvalue weighted by atomic mass is 10.1. The van der Waals surface area contributed by atoms with Gasteiger partial charge in [-0.2, -0.15) is 8.78 Å². The average molecular weight is 366 g/mol. The average Bonchev–Trinajstić information content (AvgIpc) is 3.03. The Morgan fingerprint density at radius 3 is 2.96 bits per heavy atom. The number of halogens is 2. The van der Waals surface area contributed by atoms with E-state index in [9.17, 15) is 18.4 Å². The predicted octanol–water partition coefficient (Wildman–Crippen LogP) is 2.98. The number of hydrogen-bond acceptors (Lipinski definition) is 4. The van der Waals surface area contributed by atoms with Crippen LogP contribution in [0.5, 0.6) is 0 Å². The van der Waals surface area contributed by atoms with E-state index in [2.05, 4.69) is 10.3 Å². The Balaban J connectivity index is 1.78. The normalized spacial score (nSPS) is 16.5. The van der Waals surface area contributed by atoms with Crippen molar-refractivity contribution in [3.05, 3.63) is 42.0 Å². The lowest BCUT2D eigenvalue weighted by molar-refractivity contribution is -0.115. The van der Waals surface area contributed by atoms with Gasteiger partial charge in [0.2, 0.25) is 5.91 Å². The van der Waals surface area contributed by atoms with Gasteiger partial charge in [0.05, 0.1) is 17.5 Å². The molecule has 0 saturated carbocycles. The van der Waals surface area contributed by atoms with E-state index in [4.69, 9.17) is 0 Å². The highest BCUT2D eigenvalue weighted by Gasteiger charge is 2.24. The van der Waals surface area contributed by atoms with Gasteiger partial charge in [0.15, 0.2) is 0 Å². The third-order valence-electron chi connectivity index (χ3n) is 3.84. The van der Waals surface area contributed by atoms with Gasteiger partial charge in [0, 0.05) is 29.9 Å². The van der Waals surface area contributed by atoms with Crippen LogP contribution in [0.4, 0.5) is 14.5 Å². The SMILES string of the molecule is CC1Sc2ccc(C(=O)N(C)Cc3nccn3C(F)F)cc2NC1=O. The minimum Gasteiger partial charge on any atom is -0.334 e. The molecule has 2 aromatic rings. The Hall–Kier alpha value is -2.42. The van der Waals surface area contributed by atoms with Crippen molar-refractivity contribution in [1.82, 2.24) is 14.5 Å². The van der Waals surface area contributed by atoms with Crippen LogP contribution in [0.1, 0.15) is 29.7 Å². The Kier molecular flexibility index (Phi) is 4.76. The number of carbonyl (C=O) groups excluding carboxylic acids is 2. The Labute approximate surface area is 147 Å². The number of carbonyl (C=O) groups is 2. The van der Waals surface area contributed by atoms with Crippen molar-refractivity contribution >= 4 is 29.3 Å². The minimum absolute atomic E-state index is 0.0502. The molecule has 1 aromatic heterocycles. The van der Waals surface area contributed by atoms with Gasteiger partial charge >= 0.3 is 6.55 Å². The summed E-state index contributed by atoms with van der Waals surface area (Å²) in [6.45, 7) is -0.953. The molecule has 0 radical (unpaired) electrons. The number of aromatic nitrogens is 2. The monoisotopic (exact) mass is 366 g/mol. The highest BCUT2D eigenvalue weighted by molar-refractivity contribution is 8.00. The first-order valence-electron chi connectivity index (χ1n) is 7.53. The molecule has 0 bridgehead atoms. The second-order valence-corrected chi connectivity index (χ2v) is 7.03. The summed E-state index contributed by atoms with van der Waals surface area (Å²) in [6, 6.07) is 5.04. The van der Waals surface area contributed by atoms with Crippen LogP contribution < -0.4 is 5.32 Å². The van der Waals surface area contributed by atoms with Crippen molar-refractivity contribution in [2.75, 3.05) is 12.4 Å². The first-order chi connectivity index (χ1) is 11.9. The molecule has 0 aliphatic carbocycles. The molecule has 1 unspecified atom stereocenters. The maximum Gasteiger partial charge on any atom is 0.319 e. The van der Waals surface area contributed by atoms with E-state index in [1.807, 2.05) is 0 Å². The lowest BCUT2D eigenvalue weighted by Gasteiger charge is -2.23. The first-order valence-corrected chi connectivity index (χ1v) is 8.41. The summed E-state index contributed by atoms with van der Waals surface area (Å²) in [5, 5.41) is 2.58. The zero-order valence-corrected chi connectivity index (χ0v) is 14.4. The van der Waals surface area contributed by atoms with Crippen LogP contribution >= 0.6 is 11.8 Å². The molecule has 1 atom stereocenters. The van der Waals surface area contributed by atoms with Crippen LogP contribution in [-0.2, 0) is 11.3 Å². The second-order valence-electron chi connectivity index (χ2n) is 5.65. The Morgan fingerprint density at radius 2 is 2.24 bits per heavy atom. The van der Waals surface area contributed by atoms with E-state index >= 15 is 0 Å². The molecule has 6 nitrogen and oxygen atoms in total. The van der Waals surface area contributed by atoms with Crippen LogP contribution in [0.2, 0.25) is 0 Å². The predicted molar refractivity (Wildman–Crippen MR) is 89.7 cm³/mol. The molecule has 0 fully saturated rings. The van der Waals surface area contributed by atoms with Crippen molar-refractivity contribution in [2.24, 2.45) is 0 Å². The van der Waals surface area contributed by atoms with Crippen LogP contribution in [0.15, 0.2) is 35.5 Å². The zero-order valence-electron chi connectivity index (χ0n) is 13.6. The van der Waals surface area contributed by atoms with E-state index in [0.717, 1.165) is 9.46 Å². The molecule has 9 heteroatoms. The van der Waals surface area contributed by atoms with Crippen LogP contribution in [0, 0.1) is 0 Å². The minimum atomic E-state index is -2.71.